The van der Waals surface area contributed by atoms with Gasteiger partial charge in [-0.25, -0.2) is 0 Å². The molecule has 2 nitrogen and oxygen atoms in total. The maximum atomic E-state index is 12.3. The SMILES string of the molecule is Cc1cccc(C(=O)[C@@H]2CCC(=O)[C@H](C)C2)c1. The predicted molar refractivity (Wildman–Crippen MR) is 67.0 cm³/mol. The van der Waals surface area contributed by atoms with Gasteiger partial charge in [-0.15, -0.1) is 0 Å². The third kappa shape index (κ3) is 2.63. The van der Waals surface area contributed by atoms with Crippen molar-refractivity contribution in [1.29, 1.82) is 0 Å². The molecule has 0 bridgehead atoms. The number of benzene rings is 1. The molecule has 0 aromatic heterocycles. The van der Waals surface area contributed by atoms with Crippen LogP contribution in [0.25, 0.3) is 0 Å². The van der Waals surface area contributed by atoms with E-state index in [-0.39, 0.29) is 17.6 Å². The van der Waals surface area contributed by atoms with Gasteiger partial charge in [0.1, 0.15) is 5.78 Å². The second kappa shape index (κ2) is 4.82. The molecule has 1 fully saturated rings. The maximum Gasteiger partial charge on any atom is 0.165 e. The van der Waals surface area contributed by atoms with Gasteiger partial charge in [0, 0.05) is 23.8 Å². The molecule has 90 valence electrons. The van der Waals surface area contributed by atoms with Crippen molar-refractivity contribution in [2.24, 2.45) is 11.8 Å². The molecule has 0 spiro atoms. The summed E-state index contributed by atoms with van der Waals surface area (Å²) in [6.07, 6.45) is 1.99. The van der Waals surface area contributed by atoms with E-state index < -0.39 is 0 Å². The predicted octanol–water partition coefficient (Wildman–Crippen LogP) is 3.18. The quantitative estimate of drug-likeness (QED) is 0.731. The van der Waals surface area contributed by atoms with Crippen molar-refractivity contribution >= 4 is 11.6 Å². The van der Waals surface area contributed by atoms with E-state index in [2.05, 4.69) is 0 Å². The van der Waals surface area contributed by atoms with Gasteiger partial charge in [-0.1, -0.05) is 30.7 Å². The Balaban J connectivity index is 2.13. The van der Waals surface area contributed by atoms with Crippen LogP contribution >= 0.6 is 0 Å². The maximum absolute atomic E-state index is 12.3. The van der Waals surface area contributed by atoms with Gasteiger partial charge >= 0.3 is 0 Å². The third-order valence-corrected chi connectivity index (χ3v) is 3.60. The van der Waals surface area contributed by atoms with E-state index in [1.165, 1.54) is 0 Å². The Morgan fingerprint density at radius 1 is 1.35 bits per heavy atom. The molecule has 2 atom stereocenters. The Morgan fingerprint density at radius 3 is 2.76 bits per heavy atom. The molecule has 17 heavy (non-hydrogen) atoms. The number of ketones is 2. The van der Waals surface area contributed by atoms with Crippen LogP contribution in [0.1, 0.15) is 42.1 Å². The summed E-state index contributed by atoms with van der Waals surface area (Å²) < 4.78 is 0. The van der Waals surface area contributed by atoms with Crippen molar-refractivity contribution in [2.75, 3.05) is 0 Å². The van der Waals surface area contributed by atoms with Gasteiger partial charge in [0.05, 0.1) is 0 Å². The Morgan fingerprint density at radius 2 is 2.12 bits per heavy atom. The molecule has 0 unspecified atom stereocenters. The largest absolute Gasteiger partial charge is 0.299 e. The molecule has 0 saturated heterocycles. The number of hydrogen-bond acceptors (Lipinski definition) is 2. The van der Waals surface area contributed by atoms with Gasteiger partial charge in [0.2, 0.25) is 0 Å². The van der Waals surface area contributed by atoms with Crippen molar-refractivity contribution in [2.45, 2.75) is 33.1 Å². The fourth-order valence-electron chi connectivity index (χ4n) is 2.51. The zero-order valence-corrected chi connectivity index (χ0v) is 10.4. The molecule has 1 aromatic carbocycles. The molecule has 1 aromatic rings. The Labute approximate surface area is 102 Å². The standard InChI is InChI=1S/C15H18O2/c1-10-4-3-5-12(8-10)15(17)13-6-7-14(16)11(2)9-13/h3-5,8,11,13H,6-7,9H2,1-2H3/t11-,13-/m1/s1. The van der Waals surface area contributed by atoms with E-state index in [9.17, 15) is 9.59 Å². The Bertz CT molecular complexity index is 448. The second-order valence-electron chi connectivity index (χ2n) is 5.07. The molecule has 0 amide bonds. The zero-order valence-electron chi connectivity index (χ0n) is 10.4. The van der Waals surface area contributed by atoms with Crippen molar-refractivity contribution in [3.05, 3.63) is 35.4 Å². The van der Waals surface area contributed by atoms with Crippen molar-refractivity contribution < 1.29 is 9.59 Å². The highest BCUT2D eigenvalue weighted by atomic mass is 16.1. The third-order valence-electron chi connectivity index (χ3n) is 3.60. The molecule has 0 radical (unpaired) electrons. The van der Waals surface area contributed by atoms with Gasteiger partial charge in [-0.3, -0.25) is 9.59 Å². The van der Waals surface area contributed by atoms with E-state index in [0.717, 1.165) is 17.5 Å². The minimum atomic E-state index is 0.0319. The van der Waals surface area contributed by atoms with Gasteiger partial charge in [0.15, 0.2) is 5.78 Å². The molecule has 1 aliphatic carbocycles. The Kier molecular flexibility index (Phi) is 3.41. The number of rotatable bonds is 2. The summed E-state index contributed by atoms with van der Waals surface area (Å²) in [6, 6.07) is 7.71. The number of hydrogen-bond donors (Lipinski definition) is 0. The zero-order chi connectivity index (χ0) is 12.4. The average molecular weight is 230 g/mol. The molecule has 2 heteroatoms. The first kappa shape index (κ1) is 12.0. The van der Waals surface area contributed by atoms with Gasteiger partial charge in [-0.05, 0) is 25.8 Å². The summed E-state index contributed by atoms with van der Waals surface area (Å²) in [5, 5.41) is 0. The molecular formula is C15H18O2. The molecule has 2 rings (SSSR count). The van der Waals surface area contributed by atoms with Crippen LogP contribution in [-0.4, -0.2) is 11.6 Å². The van der Waals surface area contributed by atoms with Crippen LogP contribution in [-0.2, 0) is 4.79 Å². The molecule has 0 heterocycles. The van der Waals surface area contributed by atoms with E-state index in [4.69, 9.17) is 0 Å². The Hall–Kier alpha value is -1.44. The van der Waals surface area contributed by atoms with Crippen LogP contribution in [0.5, 0.6) is 0 Å². The van der Waals surface area contributed by atoms with E-state index in [0.29, 0.717) is 18.6 Å². The lowest BCUT2D eigenvalue weighted by Crippen LogP contribution is -2.27. The smallest absolute Gasteiger partial charge is 0.165 e. The number of Topliss-reactive ketones (excluding diaryl/α,β-unsaturated/α-hetero) is 2. The molecule has 0 N–H and O–H groups in total. The summed E-state index contributed by atoms with van der Waals surface area (Å²) in [5.41, 5.74) is 1.90. The van der Waals surface area contributed by atoms with Crippen LogP contribution in [0.2, 0.25) is 0 Å². The number of aryl methyl sites for hydroxylation is 1. The van der Waals surface area contributed by atoms with Crippen LogP contribution in [0.4, 0.5) is 0 Å². The van der Waals surface area contributed by atoms with Gasteiger partial charge < -0.3 is 0 Å². The van der Waals surface area contributed by atoms with Crippen molar-refractivity contribution in [1.82, 2.24) is 0 Å². The normalized spacial score (nSPS) is 24.7. The van der Waals surface area contributed by atoms with Crippen molar-refractivity contribution in [3.8, 4) is 0 Å². The monoisotopic (exact) mass is 230 g/mol. The summed E-state index contributed by atoms with van der Waals surface area (Å²) in [6.45, 7) is 3.92. The first-order valence-electron chi connectivity index (χ1n) is 6.21. The minimum absolute atomic E-state index is 0.0319. The van der Waals surface area contributed by atoms with Crippen LogP contribution in [0.3, 0.4) is 0 Å². The number of carbonyl (C=O) groups is 2. The fourth-order valence-corrected chi connectivity index (χ4v) is 2.51. The molecule has 1 saturated carbocycles. The van der Waals surface area contributed by atoms with Crippen LogP contribution in [0.15, 0.2) is 24.3 Å². The van der Waals surface area contributed by atoms with Crippen LogP contribution in [0, 0.1) is 18.8 Å². The summed E-state index contributed by atoms with van der Waals surface area (Å²) in [7, 11) is 0. The van der Waals surface area contributed by atoms with Crippen molar-refractivity contribution in [3.63, 3.8) is 0 Å². The average Bonchev–Trinajstić information content (AvgIpc) is 2.32. The highest BCUT2D eigenvalue weighted by molar-refractivity contribution is 5.99. The lowest BCUT2D eigenvalue weighted by Gasteiger charge is -2.24. The van der Waals surface area contributed by atoms with E-state index in [1.54, 1.807) is 0 Å². The highest BCUT2D eigenvalue weighted by Gasteiger charge is 2.30. The topological polar surface area (TPSA) is 34.1 Å². The van der Waals surface area contributed by atoms with Gasteiger partial charge in [0.25, 0.3) is 0 Å². The second-order valence-corrected chi connectivity index (χ2v) is 5.07. The fraction of sp³-hybridized carbons (Fsp3) is 0.467. The lowest BCUT2D eigenvalue weighted by molar-refractivity contribution is -0.124. The first-order valence-corrected chi connectivity index (χ1v) is 6.21. The summed E-state index contributed by atoms with van der Waals surface area (Å²) >= 11 is 0. The number of carbonyl (C=O) groups excluding carboxylic acids is 2. The van der Waals surface area contributed by atoms with E-state index >= 15 is 0 Å². The van der Waals surface area contributed by atoms with Crippen LogP contribution < -0.4 is 0 Å². The summed E-state index contributed by atoms with van der Waals surface area (Å²) in [5.74, 6) is 0.582. The summed E-state index contributed by atoms with van der Waals surface area (Å²) in [4.78, 5) is 23.7. The molecular weight excluding hydrogens is 212 g/mol. The molecule has 0 aliphatic heterocycles. The van der Waals surface area contributed by atoms with E-state index in [1.807, 2.05) is 38.1 Å². The van der Waals surface area contributed by atoms with Gasteiger partial charge in [-0.2, -0.15) is 0 Å². The minimum Gasteiger partial charge on any atom is -0.299 e. The molecule has 1 aliphatic rings. The lowest BCUT2D eigenvalue weighted by atomic mass is 9.78. The first-order chi connectivity index (χ1) is 8.08. The highest BCUT2D eigenvalue weighted by Crippen LogP contribution is 2.29.